The molecular weight excluding hydrogens is 412 g/mol. The Bertz CT molecular complexity index is 1130. The number of carbonyl (C=O) groups is 2. The van der Waals surface area contributed by atoms with Crippen LogP contribution >= 0.6 is 22.9 Å². The average molecular weight is 431 g/mol. The fourth-order valence-electron chi connectivity index (χ4n) is 3.49. The second-order valence-electron chi connectivity index (χ2n) is 6.99. The predicted molar refractivity (Wildman–Crippen MR) is 112 cm³/mol. The van der Waals surface area contributed by atoms with Crippen LogP contribution in [0.3, 0.4) is 0 Å². The first kappa shape index (κ1) is 19.8. The molecule has 0 aliphatic heterocycles. The number of nitrogens with zero attached hydrogens (tertiary/aromatic N) is 1. The maximum absolute atomic E-state index is 12.5. The summed E-state index contributed by atoms with van der Waals surface area (Å²) in [6.07, 6.45) is 4.13. The van der Waals surface area contributed by atoms with Crippen LogP contribution in [0.15, 0.2) is 29.1 Å². The van der Waals surface area contributed by atoms with Crippen LogP contribution in [0.1, 0.15) is 52.3 Å². The van der Waals surface area contributed by atoms with Gasteiger partial charge < -0.3 is 9.72 Å². The first-order valence-corrected chi connectivity index (χ1v) is 10.7. The molecule has 1 aliphatic carbocycles. The van der Waals surface area contributed by atoms with Crippen molar-refractivity contribution < 1.29 is 14.3 Å². The molecule has 29 heavy (non-hydrogen) atoms. The molecule has 0 saturated carbocycles. The third-order valence-corrected chi connectivity index (χ3v) is 6.40. The average Bonchev–Trinajstić information content (AvgIpc) is 3.10. The minimum atomic E-state index is -0.513. The van der Waals surface area contributed by atoms with Gasteiger partial charge in [-0.15, -0.1) is 11.3 Å². The molecule has 0 bridgehead atoms. The lowest BCUT2D eigenvalue weighted by Gasteiger charge is -2.09. The summed E-state index contributed by atoms with van der Waals surface area (Å²) in [4.78, 5) is 45.7. The van der Waals surface area contributed by atoms with Gasteiger partial charge in [-0.1, -0.05) is 11.6 Å². The summed E-state index contributed by atoms with van der Waals surface area (Å²) in [5, 5.41) is 1.22. The van der Waals surface area contributed by atoms with E-state index in [1.165, 1.54) is 4.88 Å². The van der Waals surface area contributed by atoms with Crippen LogP contribution in [-0.4, -0.2) is 21.7 Å². The molecule has 6 nitrogen and oxygen atoms in total. The molecule has 2 heterocycles. The number of fused-ring (bicyclic) bond motifs is 3. The zero-order valence-corrected chi connectivity index (χ0v) is 17.2. The maximum atomic E-state index is 12.5. The van der Waals surface area contributed by atoms with Gasteiger partial charge >= 0.3 is 5.97 Å². The summed E-state index contributed by atoms with van der Waals surface area (Å²) in [6.45, 7) is -0.123. The van der Waals surface area contributed by atoms with Gasteiger partial charge in [-0.05, 0) is 55.5 Å². The molecule has 8 heteroatoms. The van der Waals surface area contributed by atoms with E-state index in [9.17, 15) is 14.4 Å². The van der Waals surface area contributed by atoms with E-state index in [0.717, 1.165) is 31.2 Å². The highest BCUT2D eigenvalue weighted by Gasteiger charge is 2.20. The minimum Gasteiger partial charge on any atom is -0.458 e. The van der Waals surface area contributed by atoms with Crippen LogP contribution in [0.5, 0.6) is 0 Å². The molecule has 0 fully saturated rings. The molecule has 0 amide bonds. The van der Waals surface area contributed by atoms with Crippen molar-refractivity contribution in [3.8, 4) is 0 Å². The van der Waals surface area contributed by atoms with E-state index in [-0.39, 0.29) is 30.8 Å². The number of halogens is 1. The molecule has 0 atom stereocenters. The number of carbonyl (C=O) groups excluding carboxylic acids is 2. The van der Waals surface area contributed by atoms with Gasteiger partial charge in [0.05, 0.1) is 11.8 Å². The predicted octanol–water partition coefficient (Wildman–Crippen LogP) is 4.22. The van der Waals surface area contributed by atoms with E-state index in [2.05, 4.69) is 9.97 Å². The number of H-pyrrole nitrogens is 1. The van der Waals surface area contributed by atoms with Crippen LogP contribution in [0.25, 0.3) is 10.2 Å². The highest BCUT2D eigenvalue weighted by atomic mass is 35.5. The van der Waals surface area contributed by atoms with E-state index >= 15 is 0 Å². The topological polar surface area (TPSA) is 89.1 Å². The Morgan fingerprint density at radius 3 is 2.69 bits per heavy atom. The number of Topliss-reactive ketones (excluding diaryl/α,β-unsaturated/α-hetero) is 1. The molecule has 1 aliphatic rings. The zero-order valence-electron chi connectivity index (χ0n) is 15.6. The van der Waals surface area contributed by atoms with Crippen molar-refractivity contribution in [2.75, 3.05) is 0 Å². The molecule has 4 rings (SSSR count). The number of rotatable bonds is 6. The third-order valence-electron chi connectivity index (χ3n) is 4.97. The summed E-state index contributed by atoms with van der Waals surface area (Å²) in [6, 6.07) is 6.52. The molecule has 2 aromatic heterocycles. The van der Waals surface area contributed by atoms with Crippen molar-refractivity contribution in [1.82, 2.24) is 9.97 Å². The fraction of sp³-hybridized carbons (Fsp3) is 0.333. The number of esters is 1. The van der Waals surface area contributed by atoms with Gasteiger partial charge in [0.25, 0.3) is 5.56 Å². The normalized spacial score (nSPS) is 13.3. The molecule has 150 valence electrons. The van der Waals surface area contributed by atoms with Crippen molar-refractivity contribution in [3.05, 3.63) is 61.5 Å². The van der Waals surface area contributed by atoms with Crippen LogP contribution in [0.2, 0.25) is 5.02 Å². The number of aryl methyl sites for hydroxylation is 2. The van der Waals surface area contributed by atoms with Crippen molar-refractivity contribution in [3.63, 3.8) is 0 Å². The van der Waals surface area contributed by atoms with E-state index in [1.807, 2.05) is 0 Å². The SMILES string of the molecule is O=C(CCC(=O)c1ccc(Cl)cc1)OCc1nc2sc3c(c2c(=O)[nH]1)CCCC3. The van der Waals surface area contributed by atoms with Gasteiger partial charge in [-0.2, -0.15) is 0 Å². The van der Waals surface area contributed by atoms with E-state index in [4.69, 9.17) is 16.3 Å². The van der Waals surface area contributed by atoms with Crippen molar-refractivity contribution in [2.24, 2.45) is 0 Å². The number of aromatic amines is 1. The largest absolute Gasteiger partial charge is 0.458 e. The van der Waals surface area contributed by atoms with Crippen molar-refractivity contribution in [2.45, 2.75) is 45.1 Å². The quantitative estimate of drug-likeness (QED) is 0.467. The lowest BCUT2D eigenvalue weighted by Crippen LogP contribution is -2.15. The Morgan fingerprint density at radius 2 is 1.90 bits per heavy atom. The first-order valence-electron chi connectivity index (χ1n) is 9.49. The fourth-order valence-corrected chi connectivity index (χ4v) is 4.90. The third kappa shape index (κ3) is 4.41. The molecule has 0 saturated heterocycles. The van der Waals surface area contributed by atoms with Crippen LogP contribution in [0.4, 0.5) is 0 Å². The lowest BCUT2D eigenvalue weighted by molar-refractivity contribution is -0.145. The number of nitrogens with one attached hydrogen (secondary N) is 1. The lowest BCUT2D eigenvalue weighted by atomic mass is 9.97. The van der Waals surface area contributed by atoms with Crippen LogP contribution in [0, 0.1) is 0 Å². The molecular formula is C21H19ClN2O4S. The van der Waals surface area contributed by atoms with Gasteiger partial charge in [0.15, 0.2) is 5.78 Å². The number of ketones is 1. The van der Waals surface area contributed by atoms with E-state index in [1.54, 1.807) is 35.6 Å². The van der Waals surface area contributed by atoms with Crippen molar-refractivity contribution >= 4 is 44.9 Å². The molecule has 1 N–H and O–H groups in total. The Morgan fingerprint density at radius 1 is 1.14 bits per heavy atom. The minimum absolute atomic E-state index is 0.0404. The second-order valence-corrected chi connectivity index (χ2v) is 8.51. The van der Waals surface area contributed by atoms with Crippen LogP contribution < -0.4 is 5.56 Å². The summed E-state index contributed by atoms with van der Waals surface area (Å²) < 4.78 is 5.20. The number of benzene rings is 1. The second kappa shape index (κ2) is 8.47. The van der Waals surface area contributed by atoms with Gasteiger partial charge in [0.2, 0.25) is 0 Å². The number of aromatic nitrogens is 2. The zero-order chi connectivity index (χ0) is 20.4. The Labute approximate surface area is 175 Å². The standard InChI is InChI=1S/C21H19ClN2O4S/c22-13-7-5-12(6-8-13)15(25)9-10-18(26)28-11-17-23-20(27)19-14-3-1-2-4-16(14)29-21(19)24-17/h5-8H,1-4,9-11H2,(H,23,24,27). The smallest absolute Gasteiger partial charge is 0.306 e. The monoisotopic (exact) mass is 430 g/mol. The van der Waals surface area contributed by atoms with Crippen molar-refractivity contribution in [1.29, 1.82) is 0 Å². The molecule has 0 unspecified atom stereocenters. The maximum Gasteiger partial charge on any atom is 0.306 e. The van der Waals surface area contributed by atoms with E-state index < -0.39 is 5.97 Å². The molecule has 3 aromatic rings. The van der Waals surface area contributed by atoms with Gasteiger partial charge in [-0.3, -0.25) is 14.4 Å². The summed E-state index contributed by atoms with van der Waals surface area (Å²) in [5.41, 5.74) is 1.44. The van der Waals surface area contributed by atoms with Crippen LogP contribution in [-0.2, 0) is 29.0 Å². The van der Waals surface area contributed by atoms with Gasteiger partial charge in [0.1, 0.15) is 17.3 Å². The Balaban J connectivity index is 1.36. The first-order chi connectivity index (χ1) is 14.0. The van der Waals surface area contributed by atoms with Gasteiger partial charge in [-0.25, -0.2) is 4.98 Å². The Kier molecular flexibility index (Phi) is 5.78. The Hall–Kier alpha value is -2.51. The highest BCUT2D eigenvalue weighted by Crippen LogP contribution is 2.33. The van der Waals surface area contributed by atoms with Gasteiger partial charge in [0, 0.05) is 21.9 Å². The number of ether oxygens (including phenoxy) is 1. The highest BCUT2D eigenvalue weighted by molar-refractivity contribution is 7.18. The molecule has 0 radical (unpaired) electrons. The number of hydrogen-bond donors (Lipinski definition) is 1. The van der Waals surface area contributed by atoms with E-state index in [0.29, 0.717) is 26.6 Å². The summed E-state index contributed by atoms with van der Waals surface area (Å²) in [7, 11) is 0. The number of thiophene rings is 1. The summed E-state index contributed by atoms with van der Waals surface area (Å²) >= 11 is 7.35. The molecule has 1 aromatic carbocycles. The molecule has 0 spiro atoms. The number of hydrogen-bond acceptors (Lipinski definition) is 6. The summed E-state index contributed by atoms with van der Waals surface area (Å²) in [5.74, 6) is -0.352.